The van der Waals surface area contributed by atoms with Crippen molar-refractivity contribution in [2.75, 3.05) is 10.6 Å². The highest BCUT2D eigenvalue weighted by Gasteiger charge is 2.11. The van der Waals surface area contributed by atoms with Gasteiger partial charge in [-0.3, -0.25) is 9.78 Å². The largest absolute Gasteiger partial charge is 0.350 e. The second kappa shape index (κ2) is 7.84. The lowest BCUT2D eigenvalue weighted by Gasteiger charge is -2.10. The second-order valence-corrected chi connectivity index (χ2v) is 6.38. The minimum atomic E-state index is -0.306. The van der Waals surface area contributed by atoms with Gasteiger partial charge >= 0.3 is 0 Å². The van der Waals surface area contributed by atoms with Gasteiger partial charge in [0.2, 0.25) is 5.95 Å². The molecule has 0 radical (unpaired) electrons. The first kappa shape index (κ1) is 17.6. The molecule has 4 aromatic rings. The molecule has 0 fully saturated rings. The number of anilines is 2. The summed E-state index contributed by atoms with van der Waals surface area (Å²) < 4.78 is 0. The van der Waals surface area contributed by atoms with Crippen molar-refractivity contribution < 1.29 is 4.79 Å². The van der Waals surface area contributed by atoms with E-state index in [1.165, 1.54) is 5.56 Å². The van der Waals surface area contributed by atoms with Crippen molar-refractivity contribution in [3.8, 4) is 0 Å². The van der Waals surface area contributed by atoms with Gasteiger partial charge in [0.25, 0.3) is 5.91 Å². The molecule has 0 bridgehead atoms. The van der Waals surface area contributed by atoms with Crippen LogP contribution in [0.3, 0.4) is 0 Å². The Balaban J connectivity index is 1.50. The first-order valence-corrected chi connectivity index (χ1v) is 8.97. The summed E-state index contributed by atoms with van der Waals surface area (Å²) in [5.74, 6) is 0.103. The van der Waals surface area contributed by atoms with Crippen molar-refractivity contribution in [3.05, 3.63) is 89.9 Å². The van der Waals surface area contributed by atoms with Crippen LogP contribution in [0.1, 0.15) is 21.6 Å². The van der Waals surface area contributed by atoms with Crippen molar-refractivity contribution in [1.29, 1.82) is 0 Å². The lowest BCUT2D eigenvalue weighted by atomic mass is 10.1. The molecule has 0 saturated carbocycles. The number of aryl methyl sites for hydroxylation is 1. The molecule has 6 heteroatoms. The zero-order valence-electron chi connectivity index (χ0n) is 15.4. The highest BCUT2D eigenvalue weighted by molar-refractivity contribution is 6.07. The molecule has 0 atom stereocenters. The molecule has 2 heterocycles. The van der Waals surface area contributed by atoms with Crippen molar-refractivity contribution in [1.82, 2.24) is 15.0 Å². The molecule has 28 heavy (non-hydrogen) atoms. The maximum Gasteiger partial charge on any atom is 0.274 e. The summed E-state index contributed by atoms with van der Waals surface area (Å²) in [4.78, 5) is 25.6. The van der Waals surface area contributed by atoms with Crippen molar-refractivity contribution >= 4 is 28.4 Å². The van der Waals surface area contributed by atoms with E-state index in [9.17, 15) is 4.79 Å². The van der Waals surface area contributed by atoms with Crippen LogP contribution in [0.2, 0.25) is 0 Å². The fourth-order valence-corrected chi connectivity index (χ4v) is 2.94. The molecule has 6 nitrogen and oxygen atoms in total. The summed E-state index contributed by atoms with van der Waals surface area (Å²) in [6.45, 7) is 2.64. The Hall–Kier alpha value is -3.80. The number of benzene rings is 2. The Bertz CT molecular complexity index is 1140. The van der Waals surface area contributed by atoms with Crippen molar-refractivity contribution in [3.63, 3.8) is 0 Å². The molecule has 0 aliphatic carbocycles. The van der Waals surface area contributed by atoms with Gasteiger partial charge in [-0.15, -0.1) is 0 Å². The van der Waals surface area contributed by atoms with Crippen molar-refractivity contribution in [2.24, 2.45) is 0 Å². The number of hydrogen-bond donors (Lipinski definition) is 2. The van der Waals surface area contributed by atoms with E-state index in [0.717, 1.165) is 16.5 Å². The maximum absolute atomic E-state index is 12.7. The predicted octanol–water partition coefficient (Wildman–Crippen LogP) is 4.20. The number of carbonyl (C=O) groups excluding carboxylic acids is 1. The summed E-state index contributed by atoms with van der Waals surface area (Å²) >= 11 is 0. The minimum Gasteiger partial charge on any atom is -0.350 e. The number of nitrogens with one attached hydrogen (secondary N) is 2. The number of nitrogens with zero attached hydrogens (tertiary/aromatic N) is 3. The summed E-state index contributed by atoms with van der Waals surface area (Å²) in [7, 11) is 0. The zero-order valence-corrected chi connectivity index (χ0v) is 15.4. The van der Waals surface area contributed by atoms with Crippen LogP contribution < -0.4 is 10.6 Å². The topological polar surface area (TPSA) is 79.8 Å². The Labute approximate surface area is 162 Å². The number of para-hydroxylation sites is 1. The summed E-state index contributed by atoms with van der Waals surface area (Å²) in [6.07, 6.45) is 3.28. The summed E-state index contributed by atoms with van der Waals surface area (Å²) in [6, 6.07) is 19.2. The summed E-state index contributed by atoms with van der Waals surface area (Å²) in [5.41, 5.74) is 4.02. The Morgan fingerprint density at radius 1 is 0.929 bits per heavy atom. The Morgan fingerprint density at radius 3 is 2.68 bits per heavy atom. The van der Waals surface area contributed by atoms with Crippen LogP contribution in [0.15, 0.2) is 73.1 Å². The number of aromatic nitrogens is 3. The lowest BCUT2D eigenvalue weighted by molar-refractivity contribution is 0.102. The quantitative estimate of drug-likeness (QED) is 0.551. The number of amides is 1. The minimum absolute atomic E-state index is 0.287. The number of carbonyl (C=O) groups is 1. The van der Waals surface area contributed by atoms with E-state index < -0.39 is 0 Å². The van der Waals surface area contributed by atoms with Gasteiger partial charge in [0.15, 0.2) is 0 Å². The van der Waals surface area contributed by atoms with Gasteiger partial charge in [-0.25, -0.2) is 9.97 Å². The van der Waals surface area contributed by atoms with Gasteiger partial charge in [-0.05, 0) is 36.2 Å². The third-order valence-corrected chi connectivity index (χ3v) is 4.47. The maximum atomic E-state index is 12.7. The van der Waals surface area contributed by atoms with Crippen molar-refractivity contribution in [2.45, 2.75) is 13.5 Å². The smallest absolute Gasteiger partial charge is 0.274 e. The van der Waals surface area contributed by atoms with Gasteiger partial charge in [-0.2, -0.15) is 0 Å². The van der Waals surface area contributed by atoms with Crippen LogP contribution >= 0.6 is 0 Å². The standard InChI is InChI=1S/C22H19N5O/c1-15-6-2-3-7-17(15)14-25-22-24-13-11-19(27-22)21(28)26-18-10-4-8-16-9-5-12-23-20(16)18/h2-13H,14H2,1H3,(H,26,28)(H,24,25,27). The number of rotatable bonds is 5. The fraction of sp³-hybridized carbons (Fsp3) is 0.0909. The van der Waals surface area contributed by atoms with Crippen LogP contribution in [0.25, 0.3) is 10.9 Å². The lowest BCUT2D eigenvalue weighted by Crippen LogP contribution is -2.15. The van der Waals surface area contributed by atoms with Gasteiger partial charge in [0, 0.05) is 24.3 Å². The van der Waals surface area contributed by atoms with E-state index in [-0.39, 0.29) is 11.6 Å². The molecule has 0 aliphatic rings. The van der Waals surface area contributed by atoms with E-state index in [0.29, 0.717) is 18.2 Å². The third kappa shape index (κ3) is 3.81. The van der Waals surface area contributed by atoms with Crippen LogP contribution in [-0.4, -0.2) is 20.9 Å². The zero-order chi connectivity index (χ0) is 19.3. The molecule has 2 aromatic heterocycles. The SMILES string of the molecule is Cc1ccccc1CNc1nccc(C(=O)Nc2cccc3cccnc23)n1. The highest BCUT2D eigenvalue weighted by Crippen LogP contribution is 2.21. The van der Waals surface area contributed by atoms with Crippen LogP contribution in [0, 0.1) is 6.92 Å². The number of pyridine rings is 1. The molecule has 2 N–H and O–H groups in total. The molecular weight excluding hydrogens is 350 g/mol. The Kier molecular flexibility index (Phi) is 4.93. The average Bonchev–Trinajstić information content (AvgIpc) is 2.74. The van der Waals surface area contributed by atoms with Crippen LogP contribution in [0.4, 0.5) is 11.6 Å². The second-order valence-electron chi connectivity index (χ2n) is 6.38. The van der Waals surface area contributed by atoms with E-state index >= 15 is 0 Å². The van der Waals surface area contributed by atoms with Gasteiger partial charge in [0.1, 0.15) is 5.69 Å². The normalized spacial score (nSPS) is 10.6. The molecular formula is C22H19N5O. The van der Waals surface area contributed by atoms with E-state index in [1.54, 1.807) is 18.5 Å². The molecule has 0 spiro atoms. The number of fused-ring (bicyclic) bond motifs is 1. The molecule has 4 rings (SSSR count). The van der Waals surface area contributed by atoms with Gasteiger partial charge in [0.05, 0.1) is 11.2 Å². The molecule has 0 aliphatic heterocycles. The first-order chi connectivity index (χ1) is 13.7. The summed E-state index contributed by atoms with van der Waals surface area (Å²) in [5, 5.41) is 7.03. The molecule has 1 amide bonds. The monoisotopic (exact) mass is 369 g/mol. The van der Waals surface area contributed by atoms with Gasteiger partial charge < -0.3 is 10.6 Å². The fourth-order valence-electron chi connectivity index (χ4n) is 2.94. The van der Waals surface area contributed by atoms with E-state index in [2.05, 4.69) is 38.6 Å². The van der Waals surface area contributed by atoms with E-state index in [1.807, 2.05) is 48.5 Å². The highest BCUT2D eigenvalue weighted by atomic mass is 16.1. The molecule has 2 aromatic carbocycles. The predicted molar refractivity (Wildman–Crippen MR) is 110 cm³/mol. The third-order valence-electron chi connectivity index (χ3n) is 4.47. The molecule has 138 valence electrons. The van der Waals surface area contributed by atoms with Crippen LogP contribution in [0.5, 0.6) is 0 Å². The molecule has 0 unspecified atom stereocenters. The Morgan fingerprint density at radius 2 is 1.79 bits per heavy atom. The molecule has 0 saturated heterocycles. The first-order valence-electron chi connectivity index (χ1n) is 8.97. The van der Waals surface area contributed by atoms with Gasteiger partial charge in [-0.1, -0.05) is 42.5 Å². The number of hydrogen-bond acceptors (Lipinski definition) is 5. The van der Waals surface area contributed by atoms with E-state index in [4.69, 9.17) is 0 Å². The average molecular weight is 369 g/mol. The van der Waals surface area contributed by atoms with Crippen LogP contribution in [-0.2, 0) is 6.54 Å².